The zero-order valence-corrected chi connectivity index (χ0v) is 11.6. The van der Waals surface area contributed by atoms with Gasteiger partial charge in [-0.05, 0) is 25.7 Å². The molecular formula is C13H20N2O5. The fraction of sp³-hybridized carbons (Fsp3) is 0.769. The van der Waals surface area contributed by atoms with Crippen LogP contribution < -0.4 is 5.32 Å². The van der Waals surface area contributed by atoms with Gasteiger partial charge in [0.05, 0.1) is 12.5 Å². The molecule has 0 spiro atoms. The van der Waals surface area contributed by atoms with E-state index in [1.807, 2.05) is 0 Å². The molecule has 2 fully saturated rings. The number of esters is 1. The van der Waals surface area contributed by atoms with E-state index in [9.17, 15) is 19.5 Å². The Balaban J connectivity index is 1.91. The fourth-order valence-electron chi connectivity index (χ4n) is 2.81. The number of hydrogen-bond donors (Lipinski definition) is 2. The van der Waals surface area contributed by atoms with Crippen LogP contribution in [0, 0.1) is 5.41 Å². The van der Waals surface area contributed by atoms with Crippen LogP contribution in [0.3, 0.4) is 0 Å². The zero-order valence-electron chi connectivity index (χ0n) is 11.6. The summed E-state index contributed by atoms with van der Waals surface area (Å²) in [6.45, 7) is 0.608. The number of carbonyl (C=O) groups is 3. The van der Waals surface area contributed by atoms with Crippen molar-refractivity contribution in [2.24, 2.45) is 5.41 Å². The molecule has 1 saturated heterocycles. The van der Waals surface area contributed by atoms with Gasteiger partial charge < -0.3 is 20.1 Å². The number of carboxylic acid groups (broad SMARTS) is 1. The number of rotatable bonds is 4. The average molecular weight is 284 g/mol. The second kappa shape index (κ2) is 5.68. The Morgan fingerprint density at radius 1 is 1.35 bits per heavy atom. The summed E-state index contributed by atoms with van der Waals surface area (Å²) < 4.78 is 4.68. The molecule has 2 N–H and O–H groups in total. The first-order chi connectivity index (χ1) is 9.50. The molecule has 1 unspecified atom stereocenters. The summed E-state index contributed by atoms with van der Waals surface area (Å²) >= 11 is 0. The second-order valence-electron chi connectivity index (χ2n) is 5.47. The van der Waals surface area contributed by atoms with E-state index in [1.54, 1.807) is 0 Å². The van der Waals surface area contributed by atoms with Crippen molar-refractivity contribution < 1.29 is 24.2 Å². The minimum Gasteiger partial charge on any atom is -0.481 e. The Kier molecular flexibility index (Phi) is 4.15. The topological polar surface area (TPSA) is 95.9 Å². The van der Waals surface area contributed by atoms with Gasteiger partial charge in [0.2, 0.25) is 0 Å². The van der Waals surface area contributed by atoms with Crippen molar-refractivity contribution in [3.63, 3.8) is 0 Å². The number of ether oxygens (including phenoxy) is 1. The molecule has 20 heavy (non-hydrogen) atoms. The molecule has 1 aliphatic heterocycles. The van der Waals surface area contributed by atoms with Crippen molar-refractivity contribution in [1.82, 2.24) is 10.2 Å². The molecule has 1 atom stereocenters. The van der Waals surface area contributed by atoms with Gasteiger partial charge in [0.1, 0.15) is 6.04 Å². The van der Waals surface area contributed by atoms with Crippen LogP contribution in [-0.2, 0) is 14.3 Å². The summed E-state index contributed by atoms with van der Waals surface area (Å²) in [6, 6.07) is -0.937. The van der Waals surface area contributed by atoms with Crippen molar-refractivity contribution in [1.29, 1.82) is 0 Å². The highest BCUT2D eigenvalue weighted by Gasteiger charge is 2.45. The van der Waals surface area contributed by atoms with Crippen molar-refractivity contribution in [3.05, 3.63) is 0 Å². The van der Waals surface area contributed by atoms with Crippen LogP contribution in [0.15, 0.2) is 0 Å². The maximum absolute atomic E-state index is 12.1. The fourth-order valence-corrected chi connectivity index (χ4v) is 2.81. The first-order valence-corrected chi connectivity index (χ1v) is 6.86. The Bertz CT molecular complexity index is 419. The molecule has 7 heteroatoms. The number of aliphatic carboxylic acids is 1. The predicted molar refractivity (Wildman–Crippen MR) is 69.1 cm³/mol. The van der Waals surface area contributed by atoms with Crippen molar-refractivity contribution >= 4 is 18.0 Å². The molecule has 2 amide bonds. The van der Waals surface area contributed by atoms with Crippen LogP contribution in [0.5, 0.6) is 0 Å². The largest absolute Gasteiger partial charge is 0.481 e. The summed E-state index contributed by atoms with van der Waals surface area (Å²) in [5, 5.41) is 11.9. The van der Waals surface area contributed by atoms with Gasteiger partial charge in [-0.1, -0.05) is 6.42 Å². The molecule has 1 aliphatic carbocycles. The molecule has 7 nitrogen and oxygen atoms in total. The van der Waals surface area contributed by atoms with E-state index in [0.717, 1.165) is 12.8 Å². The lowest BCUT2D eigenvalue weighted by molar-refractivity contribution is -0.154. The first-order valence-electron chi connectivity index (χ1n) is 6.86. The van der Waals surface area contributed by atoms with Gasteiger partial charge >= 0.3 is 18.0 Å². The highest BCUT2D eigenvalue weighted by atomic mass is 16.5. The van der Waals surface area contributed by atoms with E-state index < -0.39 is 23.4 Å². The van der Waals surface area contributed by atoms with Crippen LogP contribution in [0.1, 0.15) is 32.1 Å². The second-order valence-corrected chi connectivity index (χ2v) is 5.47. The van der Waals surface area contributed by atoms with Crippen LogP contribution in [0.25, 0.3) is 0 Å². The Morgan fingerprint density at radius 3 is 2.55 bits per heavy atom. The van der Waals surface area contributed by atoms with Crippen LogP contribution in [0.2, 0.25) is 0 Å². The van der Waals surface area contributed by atoms with E-state index in [-0.39, 0.29) is 12.6 Å². The molecule has 112 valence electrons. The summed E-state index contributed by atoms with van der Waals surface area (Å²) in [7, 11) is 1.30. The first kappa shape index (κ1) is 14.6. The third-order valence-corrected chi connectivity index (χ3v) is 4.33. The molecule has 1 saturated carbocycles. The molecule has 0 aromatic rings. The molecule has 0 aromatic carbocycles. The SMILES string of the molecule is COC(=O)C1CCCN1C(=O)NCC1(C(=O)O)CCC1. The minimum absolute atomic E-state index is 0.117. The van der Waals surface area contributed by atoms with Gasteiger partial charge in [-0.25, -0.2) is 9.59 Å². The lowest BCUT2D eigenvalue weighted by atomic mass is 9.69. The zero-order chi connectivity index (χ0) is 14.8. The highest BCUT2D eigenvalue weighted by molar-refractivity contribution is 5.85. The molecule has 2 rings (SSSR count). The Hall–Kier alpha value is -1.79. The summed E-state index contributed by atoms with van der Waals surface area (Å²) in [4.78, 5) is 36.3. The number of hydrogen-bond acceptors (Lipinski definition) is 4. The maximum Gasteiger partial charge on any atom is 0.328 e. The summed E-state index contributed by atoms with van der Waals surface area (Å²) in [5.41, 5.74) is -0.823. The van der Waals surface area contributed by atoms with Crippen LogP contribution in [0.4, 0.5) is 4.79 Å². The number of likely N-dealkylation sites (tertiary alicyclic amines) is 1. The summed E-state index contributed by atoms with van der Waals surface area (Å²) in [5.74, 6) is -1.29. The van der Waals surface area contributed by atoms with E-state index in [4.69, 9.17) is 0 Å². The number of carboxylic acids is 1. The van der Waals surface area contributed by atoms with E-state index in [1.165, 1.54) is 12.0 Å². The lowest BCUT2D eigenvalue weighted by Crippen LogP contribution is -2.52. The van der Waals surface area contributed by atoms with Gasteiger partial charge in [0.15, 0.2) is 0 Å². The quantitative estimate of drug-likeness (QED) is 0.736. The Labute approximate surface area is 117 Å². The van der Waals surface area contributed by atoms with Crippen molar-refractivity contribution in [2.75, 3.05) is 20.2 Å². The van der Waals surface area contributed by atoms with Crippen LogP contribution >= 0.6 is 0 Å². The number of nitrogens with one attached hydrogen (secondary N) is 1. The predicted octanol–water partition coefficient (Wildman–Crippen LogP) is 0.588. The van der Waals surface area contributed by atoms with Crippen LogP contribution in [-0.4, -0.2) is 54.2 Å². The smallest absolute Gasteiger partial charge is 0.328 e. The normalized spacial score (nSPS) is 23.9. The van der Waals surface area contributed by atoms with E-state index in [0.29, 0.717) is 25.8 Å². The van der Waals surface area contributed by atoms with E-state index >= 15 is 0 Å². The van der Waals surface area contributed by atoms with Crippen molar-refractivity contribution in [2.45, 2.75) is 38.1 Å². The molecule has 0 radical (unpaired) electrons. The number of urea groups is 1. The van der Waals surface area contributed by atoms with Gasteiger partial charge in [-0.2, -0.15) is 0 Å². The van der Waals surface area contributed by atoms with Gasteiger partial charge in [-0.3, -0.25) is 4.79 Å². The van der Waals surface area contributed by atoms with Crippen molar-refractivity contribution in [3.8, 4) is 0 Å². The number of nitrogens with zero attached hydrogens (tertiary/aromatic N) is 1. The molecule has 0 bridgehead atoms. The van der Waals surface area contributed by atoms with Gasteiger partial charge in [-0.15, -0.1) is 0 Å². The van der Waals surface area contributed by atoms with E-state index in [2.05, 4.69) is 10.1 Å². The van der Waals surface area contributed by atoms with Gasteiger partial charge in [0, 0.05) is 13.1 Å². The number of methoxy groups -OCH3 is 1. The Morgan fingerprint density at radius 2 is 2.05 bits per heavy atom. The molecule has 1 heterocycles. The van der Waals surface area contributed by atoms with Gasteiger partial charge in [0.25, 0.3) is 0 Å². The monoisotopic (exact) mass is 284 g/mol. The molecule has 0 aromatic heterocycles. The highest BCUT2D eigenvalue weighted by Crippen LogP contribution is 2.40. The minimum atomic E-state index is -0.866. The standard InChI is InChI=1S/C13H20N2O5/c1-20-10(16)9-4-2-7-15(9)12(19)14-8-13(11(17)18)5-3-6-13/h9H,2-8H2,1H3,(H,14,19)(H,17,18). The maximum atomic E-state index is 12.1. The molecule has 2 aliphatic rings. The average Bonchev–Trinajstić information content (AvgIpc) is 2.85. The number of amides is 2. The molecular weight excluding hydrogens is 264 g/mol. The third kappa shape index (κ3) is 2.57. The lowest BCUT2D eigenvalue weighted by Gasteiger charge is -2.38. The third-order valence-electron chi connectivity index (χ3n) is 4.33. The number of carbonyl (C=O) groups excluding carboxylic acids is 2. The summed E-state index contributed by atoms with van der Waals surface area (Å²) in [6.07, 6.45) is 3.38.